The molecule has 2 bridgehead atoms. The average Bonchev–Trinajstić information content (AvgIpc) is 3.15. The van der Waals surface area contributed by atoms with Gasteiger partial charge >= 0.3 is 12.0 Å². The van der Waals surface area contributed by atoms with Gasteiger partial charge in [-0.3, -0.25) is 4.84 Å². The van der Waals surface area contributed by atoms with Crippen LogP contribution in [0.2, 0.25) is 0 Å². The molecule has 2 atom stereocenters. The lowest BCUT2D eigenvalue weighted by Crippen LogP contribution is -2.39. The molecule has 136 valence electrons. The first-order valence-electron chi connectivity index (χ1n) is 8.32. The molecule has 1 fully saturated rings. The van der Waals surface area contributed by atoms with Crippen LogP contribution in [-0.2, 0) is 21.0 Å². The van der Waals surface area contributed by atoms with Crippen molar-refractivity contribution in [2.75, 3.05) is 13.2 Å². The summed E-state index contributed by atoms with van der Waals surface area (Å²) in [6.45, 7) is 2.74. The number of hydrogen-bond donors (Lipinski definition) is 0. The minimum Gasteiger partial charge on any atom is -0.464 e. The van der Waals surface area contributed by atoms with Crippen LogP contribution in [0.1, 0.15) is 35.0 Å². The number of esters is 1. The lowest BCUT2D eigenvalue weighted by Gasteiger charge is -2.29. The Morgan fingerprint density at radius 1 is 1.35 bits per heavy atom. The van der Waals surface area contributed by atoms with E-state index < -0.39 is 12.0 Å². The summed E-state index contributed by atoms with van der Waals surface area (Å²) in [4.78, 5) is 33.8. The predicted molar refractivity (Wildman–Crippen MR) is 99.3 cm³/mol. The smallest absolute Gasteiger partial charge is 0.345 e. The summed E-state index contributed by atoms with van der Waals surface area (Å²) < 4.78 is 6.04. The maximum absolute atomic E-state index is 12.9. The number of ether oxygens (including phenoxy) is 1. The first-order valence-corrected chi connectivity index (χ1v) is 9.99. The van der Waals surface area contributed by atoms with Crippen molar-refractivity contribution in [3.05, 3.63) is 56.2 Å². The first-order chi connectivity index (χ1) is 12.6. The fourth-order valence-electron chi connectivity index (χ4n) is 3.37. The third kappa shape index (κ3) is 2.82. The quantitative estimate of drug-likeness (QED) is 0.663. The van der Waals surface area contributed by atoms with Crippen molar-refractivity contribution in [2.45, 2.75) is 25.6 Å². The van der Waals surface area contributed by atoms with Crippen molar-refractivity contribution in [1.29, 1.82) is 0 Å². The Balaban J connectivity index is 1.64. The van der Waals surface area contributed by atoms with Crippen LogP contribution in [0.5, 0.6) is 0 Å². The zero-order valence-corrected chi connectivity index (χ0v) is 16.5. The molecule has 2 aromatic rings. The van der Waals surface area contributed by atoms with Crippen LogP contribution in [0.4, 0.5) is 4.79 Å². The molecule has 6 nitrogen and oxygen atoms in total. The third-order valence-corrected chi connectivity index (χ3v) is 6.57. The molecular formula is C18H17BrN2O4S. The van der Waals surface area contributed by atoms with Gasteiger partial charge in [0.1, 0.15) is 12.6 Å². The van der Waals surface area contributed by atoms with Crippen LogP contribution in [0.3, 0.4) is 0 Å². The number of nitrogens with zero attached hydrogens (tertiary/aromatic N) is 2. The molecule has 4 rings (SSSR count). The summed E-state index contributed by atoms with van der Waals surface area (Å²) in [7, 11) is 0. The predicted octanol–water partition coefficient (Wildman–Crippen LogP) is 4.04. The van der Waals surface area contributed by atoms with Crippen LogP contribution < -0.4 is 0 Å². The minimum atomic E-state index is -0.736. The average molecular weight is 437 g/mol. The number of carbonyl (C=O) groups excluding carboxylic acids is 2. The molecule has 26 heavy (non-hydrogen) atoms. The molecule has 0 spiro atoms. The maximum Gasteiger partial charge on any atom is 0.345 e. The van der Waals surface area contributed by atoms with E-state index in [1.807, 2.05) is 35.7 Å². The minimum absolute atomic E-state index is 0.219. The van der Waals surface area contributed by atoms with Gasteiger partial charge in [0, 0.05) is 20.3 Å². The van der Waals surface area contributed by atoms with E-state index in [4.69, 9.17) is 9.57 Å². The standard InChI is InChI=1S/C18H17BrN2O4S/c1-2-24-17(22)15-14-12(19)10-26-16(14)13-8-20(15)18(23)21(13)25-9-11-6-4-3-5-7-11/h3-7,10,13,15H,2,8-9H2,1H3. The molecule has 0 saturated carbocycles. The topological polar surface area (TPSA) is 59.1 Å². The number of rotatable bonds is 5. The van der Waals surface area contributed by atoms with Crippen LogP contribution in [0.25, 0.3) is 0 Å². The maximum atomic E-state index is 12.9. The van der Waals surface area contributed by atoms with Gasteiger partial charge in [-0.05, 0) is 28.4 Å². The van der Waals surface area contributed by atoms with Gasteiger partial charge in [0.05, 0.1) is 13.2 Å². The normalized spacial score (nSPS) is 21.1. The molecule has 1 aromatic carbocycles. The molecule has 2 unspecified atom stereocenters. The van der Waals surface area contributed by atoms with Gasteiger partial charge in [-0.15, -0.1) is 11.3 Å². The molecule has 1 aromatic heterocycles. The zero-order valence-electron chi connectivity index (χ0n) is 14.1. The highest BCUT2D eigenvalue weighted by Gasteiger charge is 2.53. The largest absolute Gasteiger partial charge is 0.464 e. The first kappa shape index (κ1) is 17.5. The molecule has 2 amide bonds. The highest BCUT2D eigenvalue weighted by Crippen LogP contribution is 2.49. The number of thiophene rings is 1. The van der Waals surface area contributed by atoms with E-state index in [1.165, 1.54) is 21.3 Å². The van der Waals surface area contributed by atoms with Crippen LogP contribution in [0, 0.1) is 0 Å². The fourth-order valence-corrected chi connectivity index (χ4v) is 5.25. The van der Waals surface area contributed by atoms with Crippen molar-refractivity contribution in [2.24, 2.45) is 0 Å². The highest BCUT2D eigenvalue weighted by molar-refractivity contribution is 9.10. The van der Waals surface area contributed by atoms with Crippen molar-refractivity contribution in [3.63, 3.8) is 0 Å². The summed E-state index contributed by atoms with van der Waals surface area (Å²) >= 11 is 5.04. The molecule has 8 heteroatoms. The highest BCUT2D eigenvalue weighted by atomic mass is 79.9. The van der Waals surface area contributed by atoms with Crippen molar-refractivity contribution in [1.82, 2.24) is 9.96 Å². The van der Waals surface area contributed by atoms with E-state index in [0.717, 1.165) is 20.5 Å². The van der Waals surface area contributed by atoms with Gasteiger partial charge in [0.2, 0.25) is 0 Å². The Kier molecular flexibility index (Phi) is 4.73. The molecule has 0 N–H and O–H groups in total. The Morgan fingerprint density at radius 3 is 2.85 bits per heavy atom. The van der Waals surface area contributed by atoms with Gasteiger partial charge in [0.25, 0.3) is 0 Å². The summed E-state index contributed by atoms with van der Waals surface area (Å²) in [5, 5.41) is 3.34. The molecular weight excluding hydrogens is 420 g/mol. The van der Waals surface area contributed by atoms with Crippen LogP contribution in [-0.4, -0.2) is 35.1 Å². The lowest BCUT2D eigenvalue weighted by atomic mass is 9.99. The Hall–Kier alpha value is -1.90. The number of amides is 2. The number of urea groups is 1. The van der Waals surface area contributed by atoms with E-state index in [0.29, 0.717) is 13.2 Å². The molecule has 3 heterocycles. The van der Waals surface area contributed by atoms with Gasteiger partial charge in [0.15, 0.2) is 6.04 Å². The van der Waals surface area contributed by atoms with Gasteiger partial charge in [-0.1, -0.05) is 30.3 Å². The molecule has 0 aliphatic carbocycles. The number of benzene rings is 1. The van der Waals surface area contributed by atoms with Crippen molar-refractivity contribution < 1.29 is 19.2 Å². The Bertz CT molecular complexity index is 841. The van der Waals surface area contributed by atoms with E-state index >= 15 is 0 Å². The van der Waals surface area contributed by atoms with Gasteiger partial charge < -0.3 is 9.64 Å². The number of hydroxylamine groups is 2. The molecule has 2 aliphatic rings. The third-order valence-electron chi connectivity index (χ3n) is 4.51. The molecule has 2 aliphatic heterocycles. The molecule has 0 radical (unpaired) electrons. The SMILES string of the molecule is CCOC(=O)C1c2c(Br)csc2C2CN1C(=O)N2OCc1ccccc1. The lowest BCUT2D eigenvalue weighted by molar-refractivity contribution is -0.149. The second kappa shape index (κ2) is 7.02. The summed E-state index contributed by atoms with van der Waals surface area (Å²) in [6.07, 6.45) is 0. The van der Waals surface area contributed by atoms with E-state index in [-0.39, 0.29) is 18.7 Å². The van der Waals surface area contributed by atoms with E-state index in [1.54, 1.807) is 6.92 Å². The van der Waals surface area contributed by atoms with Gasteiger partial charge in [-0.2, -0.15) is 5.06 Å². The van der Waals surface area contributed by atoms with E-state index in [2.05, 4.69) is 15.9 Å². The van der Waals surface area contributed by atoms with E-state index in [9.17, 15) is 9.59 Å². The van der Waals surface area contributed by atoms with Crippen molar-refractivity contribution in [3.8, 4) is 0 Å². The fraction of sp³-hybridized carbons (Fsp3) is 0.333. The number of halogens is 1. The van der Waals surface area contributed by atoms with Crippen LogP contribution >= 0.6 is 27.3 Å². The number of hydrogen-bond acceptors (Lipinski definition) is 5. The summed E-state index contributed by atoms with van der Waals surface area (Å²) in [6, 6.07) is 8.42. The Labute approximate surface area is 163 Å². The zero-order chi connectivity index (χ0) is 18.3. The summed E-state index contributed by atoms with van der Waals surface area (Å²) in [5.41, 5.74) is 1.79. The van der Waals surface area contributed by atoms with Crippen LogP contribution in [0.15, 0.2) is 40.2 Å². The number of carbonyl (C=O) groups is 2. The van der Waals surface area contributed by atoms with Gasteiger partial charge in [-0.25, -0.2) is 9.59 Å². The van der Waals surface area contributed by atoms with Crippen molar-refractivity contribution >= 4 is 39.3 Å². The monoisotopic (exact) mass is 436 g/mol. The second-order valence-electron chi connectivity index (χ2n) is 6.05. The number of fused-ring (bicyclic) bond motifs is 4. The second-order valence-corrected chi connectivity index (χ2v) is 7.82. The molecule has 1 saturated heterocycles. The summed E-state index contributed by atoms with van der Waals surface area (Å²) in [5.74, 6) is -0.412. The Morgan fingerprint density at radius 2 is 2.12 bits per heavy atom.